The summed E-state index contributed by atoms with van der Waals surface area (Å²) in [6.07, 6.45) is 0.0207. The van der Waals surface area contributed by atoms with Gasteiger partial charge in [0.25, 0.3) is 0 Å². The normalized spacial score (nSPS) is 13.4. The van der Waals surface area contributed by atoms with Gasteiger partial charge in [0.2, 0.25) is 0 Å². The van der Waals surface area contributed by atoms with Gasteiger partial charge in [0.05, 0.1) is 22.4 Å². The van der Waals surface area contributed by atoms with Crippen LogP contribution in [-0.4, -0.2) is 27.8 Å². The summed E-state index contributed by atoms with van der Waals surface area (Å²) in [5.41, 5.74) is 9.32. The molecule has 0 N–H and O–H groups in total. The van der Waals surface area contributed by atoms with Gasteiger partial charge in [-0.1, -0.05) is 134 Å². The van der Waals surface area contributed by atoms with Crippen molar-refractivity contribution >= 4 is 72.2 Å². The summed E-state index contributed by atoms with van der Waals surface area (Å²) in [6.45, 7) is 7.61. The third kappa shape index (κ3) is 9.23. The van der Waals surface area contributed by atoms with Gasteiger partial charge in [0.1, 0.15) is 5.58 Å². The molecule has 4 nitrogen and oxygen atoms in total. The molecular formula is C62H56FGeIrN3O-2. The molecule has 0 saturated carbocycles. The number of hydrogen-bond acceptors (Lipinski definition) is 3. The summed E-state index contributed by atoms with van der Waals surface area (Å²) in [4.78, 5) is 9.68. The second-order valence-corrected chi connectivity index (χ2v) is 30.5. The Morgan fingerprint density at radius 2 is 1.46 bits per heavy atom. The van der Waals surface area contributed by atoms with Crippen LogP contribution in [-0.2, 0) is 26.5 Å². The molecule has 69 heavy (non-hydrogen) atoms. The van der Waals surface area contributed by atoms with Gasteiger partial charge in [-0.3, -0.25) is 4.98 Å². The van der Waals surface area contributed by atoms with Gasteiger partial charge in [-0.05, 0) is 45.3 Å². The number of aryl methyl sites for hydroxylation is 1. The van der Waals surface area contributed by atoms with Crippen LogP contribution in [0.5, 0.6) is 0 Å². The summed E-state index contributed by atoms with van der Waals surface area (Å²) >= 11 is -2.47. The molecule has 0 fully saturated rings. The summed E-state index contributed by atoms with van der Waals surface area (Å²) in [6, 6.07) is 57.2. The number of imidazole rings is 1. The smallest absolute Gasteiger partial charge is 0 e. The fraction of sp³-hybridized carbons (Fsp3) is 0.194. The van der Waals surface area contributed by atoms with Gasteiger partial charge >= 0.3 is 149 Å². The fourth-order valence-corrected chi connectivity index (χ4v) is 12.3. The van der Waals surface area contributed by atoms with Gasteiger partial charge in [-0.25, -0.2) is 0 Å². The Labute approximate surface area is 428 Å². The quantitative estimate of drug-likeness (QED) is 0.0907. The molecule has 0 unspecified atom stereocenters. The van der Waals surface area contributed by atoms with Gasteiger partial charge in [-0.15, -0.1) is 18.2 Å². The van der Waals surface area contributed by atoms with Gasteiger partial charge < -0.3 is 8.98 Å². The van der Waals surface area contributed by atoms with E-state index in [1.165, 1.54) is 38.9 Å². The number of furan rings is 1. The first-order chi connectivity index (χ1) is 34.6. The Morgan fingerprint density at radius 3 is 2.22 bits per heavy atom. The molecule has 347 valence electrons. The average molecular weight is 1150 g/mol. The van der Waals surface area contributed by atoms with Crippen molar-refractivity contribution in [2.24, 2.45) is 5.41 Å². The maximum absolute atomic E-state index is 14.7. The molecule has 8 aromatic carbocycles. The van der Waals surface area contributed by atoms with E-state index in [-0.39, 0.29) is 36.9 Å². The van der Waals surface area contributed by atoms with E-state index in [9.17, 15) is 4.39 Å². The second-order valence-electron chi connectivity index (χ2n) is 19.9. The number of pyridine rings is 1. The number of halogens is 1. The zero-order valence-electron chi connectivity index (χ0n) is 45.0. The minimum Gasteiger partial charge on any atom is 0 e. The van der Waals surface area contributed by atoms with E-state index in [2.05, 4.69) is 180 Å². The number of nitrogens with zero attached hydrogens (tertiary/aromatic N) is 3. The Morgan fingerprint density at radius 1 is 0.754 bits per heavy atom. The van der Waals surface area contributed by atoms with Crippen LogP contribution < -0.4 is 4.40 Å². The molecule has 0 amide bonds. The van der Waals surface area contributed by atoms with Gasteiger partial charge in [-0.2, -0.15) is 0 Å². The maximum Gasteiger partial charge on any atom is 0 e. The fourth-order valence-electron chi connectivity index (χ4n) is 9.36. The summed E-state index contributed by atoms with van der Waals surface area (Å²) in [5, 5.41) is 6.91. The van der Waals surface area contributed by atoms with Crippen molar-refractivity contribution < 1.29 is 35.8 Å². The first-order valence-electron chi connectivity index (χ1n) is 25.7. The zero-order valence-corrected chi connectivity index (χ0v) is 44.5. The van der Waals surface area contributed by atoms with Crippen LogP contribution in [0.4, 0.5) is 4.39 Å². The molecule has 7 heteroatoms. The number of rotatable bonds is 7. The molecule has 0 aliphatic heterocycles. The predicted octanol–water partition coefficient (Wildman–Crippen LogP) is 16.6. The summed E-state index contributed by atoms with van der Waals surface area (Å²) < 4.78 is 64.6. The monoisotopic (exact) mass is 1150 g/mol. The number of para-hydroxylation sites is 3. The summed E-state index contributed by atoms with van der Waals surface area (Å²) in [5.74, 6) is 6.88. The molecule has 11 aromatic rings. The Kier molecular flexibility index (Phi) is 11.5. The number of aromatic nitrogens is 3. The molecule has 0 bridgehead atoms. The minimum absolute atomic E-state index is 0. The van der Waals surface area contributed by atoms with Crippen LogP contribution >= 0.6 is 0 Å². The van der Waals surface area contributed by atoms with Crippen LogP contribution in [0.2, 0.25) is 17.3 Å². The Bertz CT molecular complexity index is 3910. The molecule has 11 rings (SSSR count). The first-order valence-corrected chi connectivity index (χ1v) is 30.5. The van der Waals surface area contributed by atoms with Crippen LogP contribution in [0.1, 0.15) is 64.1 Å². The second kappa shape index (κ2) is 19.0. The SMILES string of the molecule is CC(C)c1cccc(-c2ccccc2)c1-n1c(-c2[c-]ccc3c2oc2c3ccc3c4ccccc4ccc32)nc2ccccc21.[2H]C([2H])([2H])c1c[c-]c(-c2cc(C([2H])([2H])C(C)(C)C)[c]([Ge]([CH3])([CH3])[CH3])cn2)c(F)c1.[Ir]. The molecule has 0 aliphatic rings. The first kappa shape index (κ1) is 41.8. The molecule has 1 radical (unpaired) electrons. The molecule has 0 atom stereocenters. The van der Waals surface area contributed by atoms with E-state index in [0.717, 1.165) is 65.9 Å². The molecule has 3 aromatic heterocycles. The molecular weight excluding hydrogens is 1090 g/mol. The van der Waals surface area contributed by atoms with E-state index >= 15 is 0 Å². The van der Waals surface area contributed by atoms with Crippen molar-refractivity contribution in [1.29, 1.82) is 0 Å². The molecule has 0 aliphatic carbocycles. The van der Waals surface area contributed by atoms with Crippen molar-refractivity contribution in [3.63, 3.8) is 0 Å². The van der Waals surface area contributed by atoms with Crippen molar-refractivity contribution in [2.45, 2.75) is 71.0 Å². The Balaban J connectivity index is 0.000000202. The number of fused-ring (bicyclic) bond motifs is 8. The predicted molar refractivity (Wildman–Crippen MR) is 287 cm³/mol. The van der Waals surface area contributed by atoms with Crippen molar-refractivity contribution in [2.75, 3.05) is 0 Å². The molecule has 0 spiro atoms. The van der Waals surface area contributed by atoms with Crippen molar-refractivity contribution in [1.82, 2.24) is 14.5 Å². The largest absolute Gasteiger partial charge is 0 e. The van der Waals surface area contributed by atoms with Crippen molar-refractivity contribution in [3.05, 3.63) is 192 Å². The standard InChI is InChI=1S/C42H29N2O.C20H27FGeN.Ir/c1-26(2)29-16-10-17-31(27-12-4-3-5-13-27)39(29)44-38-21-9-8-20-37(38)43-42(44)36-19-11-18-33-35-25-24-32-30-15-7-6-14-28(30)22-23-34(32)40(35)45-41(33)36;1-14-8-9-16(17(21)10-14)19-11-15(12-20(2,3)4)18(13-23-19)22(5,6)7;/h3-18,20-26H,1-2H3;8,10-11,13H,12H2,1-7H3;/q2*-1;/i;1D3,12D2;. The zero-order chi connectivity index (χ0) is 51.8. The van der Waals surface area contributed by atoms with Gasteiger partial charge in [0.15, 0.2) is 0 Å². The van der Waals surface area contributed by atoms with E-state index in [1.807, 2.05) is 26.8 Å². The number of hydrogen-bond donors (Lipinski definition) is 0. The molecule has 0 saturated heterocycles. The minimum atomic E-state index is -2.47. The van der Waals surface area contributed by atoms with E-state index in [1.54, 1.807) is 12.3 Å². The van der Waals surface area contributed by atoms with Crippen molar-refractivity contribution in [3.8, 4) is 39.5 Å². The third-order valence-corrected chi connectivity index (χ3v) is 16.7. The third-order valence-electron chi connectivity index (χ3n) is 12.5. The van der Waals surface area contributed by atoms with Crippen LogP contribution in [0.3, 0.4) is 0 Å². The molecule has 3 heterocycles. The van der Waals surface area contributed by atoms with Gasteiger partial charge in [0, 0.05) is 42.1 Å². The van der Waals surface area contributed by atoms with Crippen LogP contribution in [0, 0.1) is 30.2 Å². The van der Waals surface area contributed by atoms with Crippen LogP contribution in [0.25, 0.3) is 94.0 Å². The maximum atomic E-state index is 14.7. The topological polar surface area (TPSA) is 43.9 Å². The summed E-state index contributed by atoms with van der Waals surface area (Å²) in [7, 11) is 0. The van der Waals surface area contributed by atoms with Crippen LogP contribution in [0.15, 0.2) is 162 Å². The Hall–Kier alpha value is -6.18. The van der Waals surface area contributed by atoms with E-state index in [4.69, 9.17) is 16.3 Å². The number of benzene rings is 8. The average Bonchev–Trinajstić information content (AvgIpc) is 3.95. The van der Waals surface area contributed by atoms with E-state index in [0.29, 0.717) is 11.5 Å². The van der Waals surface area contributed by atoms with E-state index < -0.39 is 37.7 Å².